The van der Waals surface area contributed by atoms with Gasteiger partial charge >= 0.3 is 0 Å². The quantitative estimate of drug-likeness (QED) is 0.140. The number of rotatable bonds is 11. The maximum atomic E-state index is 12.4. The summed E-state index contributed by atoms with van der Waals surface area (Å²) in [7, 11) is 0. The van der Waals surface area contributed by atoms with Crippen molar-refractivity contribution in [2.75, 3.05) is 13.2 Å². The minimum atomic E-state index is -0.317. The van der Waals surface area contributed by atoms with Crippen LogP contribution in [0, 0.1) is 3.57 Å². The molecule has 0 bridgehead atoms. The predicted molar refractivity (Wildman–Crippen MR) is 148 cm³/mol. The van der Waals surface area contributed by atoms with E-state index < -0.39 is 0 Å². The molecule has 3 rings (SSSR count). The van der Waals surface area contributed by atoms with E-state index in [-0.39, 0.29) is 12.5 Å². The molecule has 0 unspecified atom stereocenters. The molecule has 0 aliphatic carbocycles. The van der Waals surface area contributed by atoms with Crippen LogP contribution in [0.4, 0.5) is 0 Å². The lowest BCUT2D eigenvalue weighted by atomic mass is 10.2. The Morgan fingerprint density at radius 3 is 2.49 bits per heavy atom. The summed E-state index contributed by atoms with van der Waals surface area (Å²) in [5, 5.41) is 5.19. The normalized spacial score (nSPS) is 10.9. The van der Waals surface area contributed by atoms with Crippen molar-refractivity contribution in [3.05, 3.63) is 84.9 Å². The summed E-state index contributed by atoms with van der Waals surface area (Å²) >= 11 is 14.4. The predicted octanol–water partition coefficient (Wildman–Crippen LogP) is 7.13. The first-order valence-electron chi connectivity index (χ1n) is 11.0. The van der Waals surface area contributed by atoms with Gasteiger partial charge in [-0.1, -0.05) is 36.2 Å². The molecule has 1 N–H and O–H groups in total. The number of nitrogens with zero attached hydrogens (tertiary/aromatic N) is 1. The summed E-state index contributed by atoms with van der Waals surface area (Å²) in [4.78, 5) is 12.4. The van der Waals surface area contributed by atoms with E-state index in [1.165, 1.54) is 0 Å². The average Bonchev–Trinajstić information content (AvgIpc) is 2.83. The highest BCUT2D eigenvalue weighted by atomic mass is 127. The zero-order valence-corrected chi connectivity index (χ0v) is 23.0. The van der Waals surface area contributed by atoms with Gasteiger partial charge in [-0.25, -0.2) is 5.43 Å². The van der Waals surface area contributed by atoms with E-state index in [4.69, 9.17) is 37.4 Å². The van der Waals surface area contributed by atoms with Crippen LogP contribution >= 0.6 is 45.8 Å². The summed E-state index contributed by atoms with van der Waals surface area (Å²) in [6.45, 7) is 5.29. The molecule has 0 aliphatic rings. The molecule has 0 saturated heterocycles. The van der Waals surface area contributed by atoms with Crippen molar-refractivity contribution in [3.63, 3.8) is 0 Å². The topological polar surface area (TPSA) is 69.2 Å². The van der Waals surface area contributed by atoms with Crippen LogP contribution in [0.5, 0.6) is 17.2 Å². The van der Waals surface area contributed by atoms with Crippen molar-refractivity contribution < 1.29 is 19.0 Å². The Hall–Kier alpha value is -2.49. The van der Waals surface area contributed by atoms with E-state index in [1.807, 2.05) is 26.0 Å². The van der Waals surface area contributed by atoms with E-state index in [2.05, 4.69) is 33.1 Å². The van der Waals surface area contributed by atoms with Crippen molar-refractivity contribution >= 4 is 57.9 Å². The number of halogens is 3. The van der Waals surface area contributed by atoms with Crippen LogP contribution in [0.3, 0.4) is 0 Å². The Labute approximate surface area is 228 Å². The van der Waals surface area contributed by atoms with Gasteiger partial charge in [0.2, 0.25) is 0 Å². The molecule has 0 spiro atoms. The molecule has 0 atom stereocenters. The van der Waals surface area contributed by atoms with Gasteiger partial charge in [-0.15, -0.1) is 0 Å². The molecule has 0 aliphatic heterocycles. The van der Waals surface area contributed by atoms with Crippen LogP contribution in [0.2, 0.25) is 10.0 Å². The molecule has 1 amide bonds. The lowest BCUT2D eigenvalue weighted by Gasteiger charge is -2.15. The van der Waals surface area contributed by atoms with Gasteiger partial charge in [-0.2, -0.15) is 5.10 Å². The minimum absolute atomic E-state index is 0.262. The third-order valence-corrected chi connectivity index (χ3v) is 6.08. The van der Waals surface area contributed by atoms with Gasteiger partial charge < -0.3 is 14.2 Å². The van der Waals surface area contributed by atoms with Crippen molar-refractivity contribution in [2.24, 2.45) is 5.10 Å². The summed E-state index contributed by atoms with van der Waals surface area (Å²) < 4.78 is 18.2. The smallest absolute Gasteiger partial charge is 0.271 e. The van der Waals surface area contributed by atoms with Gasteiger partial charge in [0.1, 0.15) is 12.4 Å². The van der Waals surface area contributed by atoms with Crippen molar-refractivity contribution in [1.82, 2.24) is 5.43 Å². The van der Waals surface area contributed by atoms with Crippen LogP contribution in [-0.4, -0.2) is 25.3 Å². The molecule has 3 aromatic rings. The van der Waals surface area contributed by atoms with E-state index in [9.17, 15) is 4.79 Å². The Kier molecular flexibility index (Phi) is 10.5. The first-order valence-corrected chi connectivity index (χ1v) is 12.8. The lowest BCUT2D eigenvalue weighted by Crippen LogP contribution is -2.17. The average molecular weight is 627 g/mol. The monoisotopic (exact) mass is 626 g/mol. The molecular formula is C26H25Cl2IN2O4. The van der Waals surface area contributed by atoms with E-state index in [0.29, 0.717) is 40.3 Å². The minimum Gasteiger partial charge on any atom is -0.494 e. The van der Waals surface area contributed by atoms with Gasteiger partial charge in [0, 0.05) is 21.2 Å². The molecule has 0 heterocycles. The van der Waals surface area contributed by atoms with E-state index in [0.717, 1.165) is 26.9 Å². The molecule has 0 saturated carbocycles. The summed E-state index contributed by atoms with van der Waals surface area (Å²) in [5.74, 6) is 1.58. The summed E-state index contributed by atoms with van der Waals surface area (Å²) in [5.41, 5.74) is 4.59. The lowest BCUT2D eigenvalue weighted by molar-refractivity contribution is 0.0955. The van der Waals surface area contributed by atoms with E-state index >= 15 is 0 Å². The number of carbonyl (C=O) groups is 1. The number of hydrogen-bond donors (Lipinski definition) is 1. The largest absolute Gasteiger partial charge is 0.494 e. The van der Waals surface area contributed by atoms with Crippen LogP contribution < -0.4 is 19.6 Å². The molecule has 3 aromatic carbocycles. The highest BCUT2D eigenvalue weighted by Gasteiger charge is 2.13. The van der Waals surface area contributed by atoms with Crippen LogP contribution in [0.15, 0.2) is 59.7 Å². The third kappa shape index (κ3) is 8.02. The Bertz CT molecular complexity index is 1190. The maximum Gasteiger partial charge on any atom is 0.271 e. The summed E-state index contributed by atoms with van der Waals surface area (Å²) in [6, 6.07) is 15.9. The highest BCUT2D eigenvalue weighted by Crippen LogP contribution is 2.35. The molecule has 35 heavy (non-hydrogen) atoms. The fraction of sp³-hybridized carbons (Fsp3) is 0.231. The van der Waals surface area contributed by atoms with Gasteiger partial charge in [-0.3, -0.25) is 4.79 Å². The Morgan fingerprint density at radius 1 is 1.03 bits per heavy atom. The van der Waals surface area contributed by atoms with Gasteiger partial charge in [0.25, 0.3) is 5.91 Å². The number of ether oxygens (including phenoxy) is 3. The first-order chi connectivity index (χ1) is 16.9. The number of amides is 1. The molecule has 0 radical (unpaired) electrons. The second-order valence-corrected chi connectivity index (χ2v) is 9.37. The molecule has 6 nitrogen and oxygen atoms in total. The van der Waals surface area contributed by atoms with Crippen molar-refractivity contribution in [3.8, 4) is 17.2 Å². The second kappa shape index (κ2) is 13.6. The molecular weight excluding hydrogens is 602 g/mol. The fourth-order valence-corrected chi connectivity index (χ4v) is 4.25. The first kappa shape index (κ1) is 27.1. The van der Waals surface area contributed by atoms with Crippen LogP contribution in [0.1, 0.15) is 41.8 Å². The van der Waals surface area contributed by atoms with Gasteiger partial charge in [-0.05, 0) is 90.0 Å². The molecule has 9 heteroatoms. The van der Waals surface area contributed by atoms with Gasteiger partial charge in [0.15, 0.2) is 11.5 Å². The van der Waals surface area contributed by atoms with Crippen LogP contribution in [-0.2, 0) is 6.61 Å². The maximum absolute atomic E-state index is 12.4. The molecule has 0 aromatic heterocycles. The summed E-state index contributed by atoms with van der Waals surface area (Å²) in [6.07, 6.45) is 2.48. The van der Waals surface area contributed by atoms with Crippen molar-refractivity contribution in [1.29, 1.82) is 0 Å². The number of carbonyl (C=O) groups excluding carboxylic acids is 1. The SMILES string of the molecule is CCCOc1ccc(C(=O)N/N=C/c2cc(I)c(OCc3ccc(Cl)cc3Cl)c(OCC)c2)cc1. The molecule has 0 fully saturated rings. The van der Waals surface area contributed by atoms with Gasteiger partial charge in [0.05, 0.1) is 23.0 Å². The standard InChI is InChI=1S/C26H25Cl2IN2O4/c1-3-11-34-21-9-6-18(7-10-21)26(32)31-30-15-17-12-23(29)25(24(13-17)33-4-2)35-16-19-5-8-20(27)14-22(19)28/h5-10,12-15H,3-4,11,16H2,1-2H3,(H,31,32)/b30-15+. The number of nitrogens with one attached hydrogen (secondary N) is 1. The van der Waals surface area contributed by atoms with E-state index in [1.54, 1.807) is 48.7 Å². The number of hydrogen-bond acceptors (Lipinski definition) is 5. The fourth-order valence-electron chi connectivity index (χ4n) is 3.01. The Morgan fingerprint density at radius 2 is 1.80 bits per heavy atom. The number of benzene rings is 3. The zero-order valence-electron chi connectivity index (χ0n) is 19.3. The van der Waals surface area contributed by atoms with Crippen LogP contribution in [0.25, 0.3) is 0 Å². The molecule has 184 valence electrons. The van der Waals surface area contributed by atoms with Crippen molar-refractivity contribution in [2.45, 2.75) is 26.9 Å². The second-order valence-electron chi connectivity index (χ2n) is 7.36. The number of hydrazone groups is 1. The zero-order chi connectivity index (χ0) is 25.2. The third-order valence-electron chi connectivity index (χ3n) is 4.69. The highest BCUT2D eigenvalue weighted by molar-refractivity contribution is 14.1. The Balaban J connectivity index is 1.67.